The first-order valence-electron chi connectivity index (χ1n) is 6.13. The van der Waals surface area contributed by atoms with Crippen molar-refractivity contribution in [2.45, 2.75) is 12.8 Å². The van der Waals surface area contributed by atoms with E-state index >= 15 is 0 Å². The third-order valence-corrected chi connectivity index (χ3v) is 2.75. The zero-order valence-electron chi connectivity index (χ0n) is 10.4. The number of benzene rings is 1. The standard InChI is InChI=1S/C15H14FN3/c16-14-7-1-4-12(10-14)5-2-8-18-15-13(11-17)6-3-9-19-15/h1,3-4,6-7,9-10H,2,5,8H2,(H,18,19). The summed E-state index contributed by atoms with van der Waals surface area (Å²) in [6, 6.07) is 12.1. The number of anilines is 1. The van der Waals surface area contributed by atoms with E-state index in [0.29, 0.717) is 17.9 Å². The number of hydrogen-bond donors (Lipinski definition) is 1. The van der Waals surface area contributed by atoms with E-state index in [4.69, 9.17) is 5.26 Å². The monoisotopic (exact) mass is 255 g/mol. The highest BCUT2D eigenvalue weighted by Crippen LogP contribution is 2.10. The Balaban J connectivity index is 1.83. The number of rotatable bonds is 5. The zero-order chi connectivity index (χ0) is 13.5. The number of aryl methyl sites for hydroxylation is 1. The van der Waals surface area contributed by atoms with E-state index in [0.717, 1.165) is 18.4 Å². The fraction of sp³-hybridized carbons (Fsp3) is 0.200. The van der Waals surface area contributed by atoms with Gasteiger partial charge in [0.2, 0.25) is 0 Å². The maximum Gasteiger partial charge on any atom is 0.143 e. The minimum Gasteiger partial charge on any atom is -0.369 e. The van der Waals surface area contributed by atoms with Crippen LogP contribution in [0.15, 0.2) is 42.6 Å². The molecule has 4 heteroatoms. The molecule has 2 aromatic rings. The van der Waals surface area contributed by atoms with Gasteiger partial charge in [-0.15, -0.1) is 0 Å². The van der Waals surface area contributed by atoms with Crippen molar-refractivity contribution in [3.05, 3.63) is 59.5 Å². The second-order valence-electron chi connectivity index (χ2n) is 4.17. The molecule has 0 atom stereocenters. The van der Waals surface area contributed by atoms with Crippen LogP contribution in [0.2, 0.25) is 0 Å². The van der Waals surface area contributed by atoms with Gasteiger partial charge in [-0.3, -0.25) is 0 Å². The van der Waals surface area contributed by atoms with Crippen LogP contribution >= 0.6 is 0 Å². The van der Waals surface area contributed by atoms with E-state index < -0.39 is 0 Å². The van der Waals surface area contributed by atoms with Crippen molar-refractivity contribution < 1.29 is 4.39 Å². The van der Waals surface area contributed by atoms with E-state index in [1.165, 1.54) is 6.07 Å². The van der Waals surface area contributed by atoms with Gasteiger partial charge in [0.25, 0.3) is 0 Å². The van der Waals surface area contributed by atoms with Crippen LogP contribution in [0.25, 0.3) is 0 Å². The molecular weight excluding hydrogens is 241 g/mol. The predicted molar refractivity (Wildman–Crippen MR) is 72.2 cm³/mol. The average Bonchev–Trinajstić information content (AvgIpc) is 2.44. The fourth-order valence-corrected chi connectivity index (χ4v) is 1.83. The third-order valence-electron chi connectivity index (χ3n) is 2.75. The van der Waals surface area contributed by atoms with Crippen LogP contribution in [0.3, 0.4) is 0 Å². The predicted octanol–water partition coefficient (Wildman–Crippen LogP) is 3.14. The third kappa shape index (κ3) is 3.78. The van der Waals surface area contributed by atoms with Gasteiger partial charge in [-0.25, -0.2) is 9.37 Å². The Kier molecular flexibility index (Phi) is 4.46. The minimum atomic E-state index is -0.207. The molecule has 0 aliphatic carbocycles. The van der Waals surface area contributed by atoms with Gasteiger partial charge in [0.1, 0.15) is 17.7 Å². The molecule has 0 spiro atoms. The molecule has 0 amide bonds. The summed E-state index contributed by atoms with van der Waals surface area (Å²) in [5, 5.41) is 12.0. The number of pyridine rings is 1. The summed E-state index contributed by atoms with van der Waals surface area (Å²) in [4.78, 5) is 4.11. The first-order chi connectivity index (χ1) is 9.29. The molecule has 0 fully saturated rings. The smallest absolute Gasteiger partial charge is 0.143 e. The van der Waals surface area contributed by atoms with Crippen LogP contribution in [0, 0.1) is 17.1 Å². The first-order valence-corrected chi connectivity index (χ1v) is 6.13. The van der Waals surface area contributed by atoms with Crippen LogP contribution in [0.5, 0.6) is 0 Å². The molecule has 1 heterocycles. The van der Waals surface area contributed by atoms with Crippen LogP contribution in [-0.4, -0.2) is 11.5 Å². The lowest BCUT2D eigenvalue weighted by Gasteiger charge is -2.06. The summed E-state index contributed by atoms with van der Waals surface area (Å²) >= 11 is 0. The maximum atomic E-state index is 13.0. The summed E-state index contributed by atoms with van der Waals surface area (Å²) in [5.41, 5.74) is 1.51. The highest BCUT2D eigenvalue weighted by atomic mass is 19.1. The van der Waals surface area contributed by atoms with Crippen LogP contribution in [0.4, 0.5) is 10.2 Å². The van der Waals surface area contributed by atoms with Crippen molar-refractivity contribution in [1.29, 1.82) is 5.26 Å². The Labute approximate surface area is 111 Å². The number of nitrogens with one attached hydrogen (secondary N) is 1. The summed E-state index contributed by atoms with van der Waals surface area (Å²) in [6.07, 6.45) is 3.29. The summed E-state index contributed by atoms with van der Waals surface area (Å²) in [6.45, 7) is 0.697. The molecule has 2 rings (SSSR count). The van der Waals surface area contributed by atoms with Crippen LogP contribution in [-0.2, 0) is 6.42 Å². The molecule has 1 aromatic carbocycles. The molecule has 3 nitrogen and oxygen atoms in total. The van der Waals surface area contributed by atoms with Crippen molar-refractivity contribution in [3.8, 4) is 6.07 Å². The van der Waals surface area contributed by atoms with Crippen LogP contribution in [0.1, 0.15) is 17.5 Å². The van der Waals surface area contributed by atoms with Gasteiger partial charge in [0, 0.05) is 12.7 Å². The maximum absolute atomic E-state index is 13.0. The molecule has 1 aromatic heterocycles. The van der Waals surface area contributed by atoms with Crippen molar-refractivity contribution in [3.63, 3.8) is 0 Å². The van der Waals surface area contributed by atoms with Crippen molar-refractivity contribution in [1.82, 2.24) is 4.98 Å². The number of aromatic nitrogens is 1. The average molecular weight is 255 g/mol. The molecule has 19 heavy (non-hydrogen) atoms. The normalized spacial score (nSPS) is 9.89. The SMILES string of the molecule is N#Cc1cccnc1NCCCc1cccc(F)c1. The largest absolute Gasteiger partial charge is 0.369 e. The van der Waals surface area contributed by atoms with Crippen molar-refractivity contribution in [2.24, 2.45) is 0 Å². The molecule has 0 aliphatic heterocycles. The topological polar surface area (TPSA) is 48.7 Å². The quantitative estimate of drug-likeness (QED) is 0.835. The Morgan fingerprint density at radius 1 is 1.26 bits per heavy atom. The number of halogens is 1. The lowest BCUT2D eigenvalue weighted by atomic mass is 10.1. The molecule has 0 bridgehead atoms. The number of nitriles is 1. The molecular formula is C15H14FN3. The summed E-state index contributed by atoms with van der Waals surface area (Å²) < 4.78 is 13.0. The molecule has 0 aliphatic rings. The second kappa shape index (κ2) is 6.50. The molecule has 1 N–H and O–H groups in total. The highest BCUT2D eigenvalue weighted by Gasteiger charge is 2.01. The second-order valence-corrected chi connectivity index (χ2v) is 4.17. The molecule has 0 radical (unpaired) electrons. The Morgan fingerprint density at radius 3 is 2.95 bits per heavy atom. The summed E-state index contributed by atoms with van der Waals surface area (Å²) in [7, 11) is 0. The number of nitrogens with zero attached hydrogens (tertiary/aromatic N) is 2. The molecule has 0 saturated heterocycles. The highest BCUT2D eigenvalue weighted by molar-refractivity contribution is 5.51. The van der Waals surface area contributed by atoms with Crippen molar-refractivity contribution >= 4 is 5.82 Å². The van der Waals surface area contributed by atoms with Gasteiger partial charge < -0.3 is 5.32 Å². The Morgan fingerprint density at radius 2 is 2.16 bits per heavy atom. The van der Waals surface area contributed by atoms with Gasteiger partial charge in [0.05, 0.1) is 5.56 Å². The van der Waals surface area contributed by atoms with Crippen LogP contribution < -0.4 is 5.32 Å². The van der Waals surface area contributed by atoms with Gasteiger partial charge in [-0.1, -0.05) is 12.1 Å². The Hall–Kier alpha value is -2.41. The lowest BCUT2D eigenvalue weighted by molar-refractivity contribution is 0.624. The van der Waals surface area contributed by atoms with Gasteiger partial charge in [-0.2, -0.15) is 5.26 Å². The fourth-order valence-electron chi connectivity index (χ4n) is 1.83. The summed E-state index contributed by atoms with van der Waals surface area (Å²) in [5.74, 6) is 0.395. The van der Waals surface area contributed by atoms with E-state index in [1.807, 2.05) is 6.07 Å². The van der Waals surface area contributed by atoms with E-state index in [2.05, 4.69) is 16.4 Å². The van der Waals surface area contributed by atoms with Crippen molar-refractivity contribution in [2.75, 3.05) is 11.9 Å². The molecule has 0 saturated carbocycles. The first kappa shape index (κ1) is 13.0. The molecule has 0 unspecified atom stereocenters. The number of hydrogen-bond acceptors (Lipinski definition) is 3. The lowest BCUT2D eigenvalue weighted by Crippen LogP contribution is -2.06. The minimum absolute atomic E-state index is 0.207. The zero-order valence-corrected chi connectivity index (χ0v) is 10.4. The van der Waals surface area contributed by atoms with E-state index in [1.54, 1.807) is 30.5 Å². The van der Waals surface area contributed by atoms with E-state index in [-0.39, 0.29) is 5.82 Å². The molecule has 96 valence electrons. The van der Waals surface area contributed by atoms with E-state index in [9.17, 15) is 4.39 Å². The Bertz CT molecular complexity index is 590. The van der Waals surface area contributed by atoms with Gasteiger partial charge >= 0.3 is 0 Å². The van der Waals surface area contributed by atoms with Gasteiger partial charge in [0.15, 0.2) is 0 Å². The van der Waals surface area contributed by atoms with Gasteiger partial charge in [-0.05, 0) is 42.7 Å².